The van der Waals surface area contributed by atoms with Crippen LogP contribution in [0.25, 0.3) is 0 Å². The van der Waals surface area contributed by atoms with Gasteiger partial charge in [0, 0.05) is 18.0 Å². The maximum atomic E-state index is 13.5. The van der Waals surface area contributed by atoms with Crippen LogP contribution in [0.3, 0.4) is 0 Å². The third-order valence-electron chi connectivity index (χ3n) is 6.70. The molecular weight excluding hydrogens is 386 g/mol. The van der Waals surface area contributed by atoms with Gasteiger partial charge in [-0.15, -0.1) is 0 Å². The van der Waals surface area contributed by atoms with Crippen LogP contribution in [-0.2, 0) is 15.4 Å². The van der Waals surface area contributed by atoms with Gasteiger partial charge in [-0.2, -0.15) is 4.31 Å². The first-order valence-corrected chi connectivity index (χ1v) is 11.7. The van der Waals surface area contributed by atoms with Gasteiger partial charge in [0.2, 0.25) is 10.0 Å². The average Bonchev–Trinajstić information content (AvgIpc) is 3.15. The van der Waals surface area contributed by atoms with Crippen molar-refractivity contribution >= 4 is 10.0 Å². The molecule has 1 heterocycles. The first-order chi connectivity index (χ1) is 13.9. The molecule has 29 heavy (non-hydrogen) atoms. The van der Waals surface area contributed by atoms with Gasteiger partial charge in [0.15, 0.2) is 11.5 Å². The van der Waals surface area contributed by atoms with Gasteiger partial charge in [0.05, 0.1) is 19.1 Å². The summed E-state index contributed by atoms with van der Waals surface area (Å²) in [6.07, 6.45) is 4.88. The molecule has 156 valence electrons. The number of aryl methyl sites for hydroxylation is 1. The van der Waals surface area contributed by atoms with Crippen LogP contribution in [-0.4, -0.2) is 39.5 Å². The number of hydrogen-bond donors (Lipinski definition) is 0. The Labute approximate surface area is 173 Å². The molecule has 1 aliphatic carbocycles. The molecule has 0 aromatic heterocycles. The molecule has 0 bridgehead atoms. The summed E-state index contributed by atoms with van der Waals surface area (Å²) in [5, 5.41) is 0. The Morgan fingerprint density at radius 1 is 0.966 bits per heavy atom. The smallest absolute Gasteiger partial charge is 0.243 e. The van der Waals surface area contributed by atoms with Gasteiger partial charge >= 0.3 is 0 Å². The Balaban J connectivity index is 1.74. The van der Waals surface area contributed by atoms with Gasteiger partial charge < -0.3 is 9.47 Å². The van der Waals surface area contributed by atoms with E-state index in [2.05, 4.69) is 6.07 Å². The number of ether oxygens (including phenoxy) is 2. The molecule has 2 aliphatic rings. The molecule has 5 nitrogen and oxygen atoms in total. The van der Waals surface area contributed by atoms with Crippen molar-refractivity contribution in [3.8, 4) is 11.5 Å². The highest BCUT2D eigenvalue weighted by atomic mass is 32.2. The summed E-state index contributed by atoms with van der Waals surface area (Å²) in [5.74, 6) is 1.39. The molecule has 4 rings (SSSR count). The van der Waals surface area contributed by atoms with Crippen LogP contribution >= 0.6 is 0 Å². The number of benzene rings is 2. The molecule has 2 fully saturated rings. The maximum Gasteiger partial charge on any atom is 0.243 e. The van der Waals surface area contributed by atoms with Crippen LogP contribution < -0.4 is 9.47 Å². The zero-order chi connectivity index (χ0) is 20.6. The van der Waals surface area contributed by atoms with E-state index < -0.39 is 10.0 Å². The van der Waals surface area contributed by atoms with Crippen LogP contribution in [0, 0.1) is 6.92 Å². The van der Waals surface area contributed by atoms with E-state index in [4.69, 9.17) is 9.47 Å². The fraction of sp³-hybridized carbons (Fsp3) is 0.478. The van der Waals surface area contributed by atoms with Gasteiger partial charge in [-0.3, -0.25) is 0 Å². The van der Waals surface area contributed by atoms with Gasteiger partial charge in [0.1, 0.15) is 0 Å². The SMILES string of the molecule is COc1ccc([C@@]23CCCC[C@@H]2N(S(=O)(=O)c2ccc(C)cc2)CC3)cc1OC. The number of hydrogen-bond acceptors (Lipinski definition) is 4. The van der Waals surface area contributed by atoms with Crippen molar-refractivity contribution in [3.63, 3.8) is 0 Å². The van der Waals surface area contributed by atoms with E-state index >= 15 is 0 Å². The van der Waals surface area contributed by atoms with Crippen molar-refractivity contribution < 1.29 is 17.9 Å². The van der Waals surface area contributed by atoms with Gasteiger partial charge in [-0.05, 0) is 56.0 Å². The summed E-state index contributed by atoms with van der Waals surface area (Å²) in [7, 11) is -0.254. The number of nitrogens with zero attached hydrogens (tertiary/aromatic N) is 1. The Bertz CT molecular complexity index is 986. The molecular formula is C23H29NO4S. The lowest BCUT2D eigenvalue weighted by molar-refractivity contribution is 0.217. The predicted octanol–water partition coefficient (Wildman–Crippen LogP) is 4.29. The van der Waals surface area contributed by atoms with Crippen LogP contribution in [0.15, 0.2) is 47.4 Å². The first kappa shape index (κ1) is 20.2. The Kier molecular flexibility index (Phi) is 5.34. The van der Waals surface area contributed by atoms with E-state index in [-0.39, 0.29) is 11.5 Å². The van der Waals surface area contributed by atoms with E-state index in [1.54, 1.807) is 30.7 Å². The molecule has 0 N–H and O–H groups in total. The Morgan fingerprint density at radius 2 is 1.69 bits per heavy atom. The topological polar surface area (TPSA) is 55.8 Å². The van der Waals surface area contributed by atoms with Crippen molar-refractivity contribution in [2.75, 3.05) is 20.8 Å². The quantitative estimate of drug-likeness (QED) is 0.731. The summed E-state index contributed by atoms with van der Waals surface area (Å²) >= 11 is 0. The highest BCUT2D eigenvalue weighted by molar-refractivity contribution is 7.89. The number of sulfonamides is 1. The lowest BCUT2D eigenvalue weighted by Crippen LogP contribution is -2.47. The monoisotopic (exact) mass is 415 g/mol. The number of methoxy groups -OCH3 is 2. The van der Waals surface area contributed by atoms with E-state index in [0.717, 1.165) is 43.2 Å². The highest BCUT2D eigenvalue weighted by Crippen LogP contribution is 2.51. The second-order valence-electron chi connectivity index (χ2n) is 8.17. The second kappa shape index (κ2) is 7.65. The van der Waals surface area contributed by atoms with E-state index in [9.17, 15) is 8.42 Å². The predicted molar refractivity (Wildman–Crippen MR) is 113 cm³/mol. The van der Waals surface area contributed by atoms with E-state index in [0.29, 0.717) is 22.9 Å². The van der Waals surface area contributed by atoms with Gasteiger partial charge in [-0.25, -0.2) is 8.42 Å². The molecule has 2 aromatic rings. The molecule has 0 spiro atoms. The fourth-order valence-electron chi connectivity index (χ4n) is 5.16. The molecule has 6 heteroatoms. The van der Waals surface area contributed by atoms with Gasteiger partial charge in [-0.1, -0.05) is 36.6 Å². The average molecular weight is 416 g/mol. The molecule has 1 saturated carbocycles. The molecule has 0 unspecified atom stereocenters. The second-order valence-corrected chi connectivity index (χ2v) is 10.1. The summed E-state index contributed by atoms with van der Waals surface area (Å²) in [6.45, 7) is 2.52. The minimum Gasteiger partial charge on any atom is -0.493 e. The van der Waals surface area contributed by atoms with Crippen LogP contribution in [0.5, 0.6) is 11.5 Å². The standard InChI is InChI=1S/C23H29NO4S/c1-17-7-10-19(11-8-17)29(25,26)24-15-14-23(13-5-4-6-22(23)24)18-9-12-20(27-2)21(16-18)28-3/h7-12,16,22H,4-6,13-15H2,1-3H3/t22-,23-/m0/s1. The third-order valence-corrected chi connectivity index (χ3v) is 8.62. The van der Waals surface area contributed by atoms with Crippen molar-refractivity contribution in [1.29, 1.82) is 0 Å². The Hall–Kier alpha value is -2.05. The molecule has 1 aliphatic heterocycles. The zero-order valence-electron chi connectivity index (χ0n) is 17.3. The molecule has 0 radical (unpaired) electrons. The van der Waals surface area contributed by atoms with Crippen molar-refractivity contribution in [1.82, 2.24) is 4.31 Å². The van der Waals surface area contributed by atoms with Crippen molar-refractivity contribution in [2.24, 2.45) is 0 Å². The number of rotatable bonds is 5. The lowest BCUT2D eigenvalue weighted by Gasteiger charge is -2.42. The molecule has 1 saturated heterocycles. The largest absolute Gasteiger partial charge is 0.493 e. The van der Waals surface area contributed by atoms with Crippen molar-refractivity contribution in [2.45, 2.75) is 55.4 Å². The van der Waals surface area contributed by atoms with Gasteiger partial charge in [0.25, 0.3) is 0 Å². The van der Waals surface area contributed by atoms with Crippen LogP contribution in [0.2, 0.25) is 0 Å². The molecule has 0 amide bonds. The van der Waals surface area contributed by atoms with E-state index in [1.807, 2.05) is 31.2 Å². The first-order valence-electron chi connectivity index (χ1n) is 10.2. The highest BCUT2D eigenvalue weighted by Gasteiger charge is 2.53. The normalized spacial score (nSPS) is 24.9. The lowest BCUT2D eigenvalue weighted by atomic mass is 9.66. The summed E-state index contributed by atoms with van der Waals surface area (Å²) in [5.41, 5.74) is 2.04. The summed E-state index contributed by atoms with van der Waals surface area (Å²) in [6, 6.07) is 13.2. The zero-order valence-corrected chi connectivity index (χ0v) is 18.2. The fourth-order valence-corrected chi connectivity index (χ4v) is 6.88. The van der Waals surface area contributed by atoms with E-state index in [1.165, 1.54) is 0 Å². The third kappa shape index (κ3) is 3.32. The van der Waals surface area contributed by atoms with Crippen LogP contribution in [0.4, 0.5) is 0 Å². The van der Waals surface area contributed by atoms with Crippen LogP contribution in [0.1, 0.15) is 43.2 Å². The maximum absolute atomic E-state index is 13.5. The molecule has 2 atom stereocenters. The minimum absolute atomic E-state index is 0.0272. The summed E-state index contributed by atoms with van der Waals surface area (Å²) < 4.78 is 39.6. The minimum atomic E-state index is -3.52. The Morgan fingerprint density at radius 3 is 2.38 bits per heavy atom. The summed E-state index contributed by atoms with van der Waals surface area (Å²) in [4.78, 5) is 0.386. The molecule has 2 aromatic carbocycles. The number of fused-ring (bicyclic) bond motifs is 1. The van der Waals surface area contributed by atoms with Crippen molar-refractivity contribution in [3.05, 3.63) is 53.6 Å².